The summed E-state index contributed by atoms with van der Waals surface area (Å²) in [6, 6.07) is 3.17. The molecule has 1 rings (SSSR count). The molecule has 0 fully saturated rings. The molecule has 7 heteroatoms. The summed E-state index contributed by atoms with van der Waals surface area (Å²) in [6.45, 7) is 0. The highest BCUT2D eigenvalue weighted by Crippen LogP contribution is 2.12. The van der Waals surface area contributed by atoms with Gasteiger partial charge in [-0.05, 0) is 12.1 Å². The lowest BCUT2D eigenvalue weighted by Gasteiger charge is -2.07. The van der Waals surface area contributed by atoms with E-state index in [1.54, 1.807) is 12.1 Å². The summed E-state index contributed by atoms with van der Waals surface area (Å²) in [7, 11) is 1.54. The number of rotatable bonds is 2. The molecule has 0 saturated carbocycles. The second-order valence-electron chi connectivity index (χ2n) is 2.63. The maximum absolute atomic E-state index is 5.68. The molecule has 0 aliphatic carbocycles. The van der Waals surface area contributed by atoms with Crippen molar-refractivity contribution in [1.82, 2.24) is 10.1 Å². The summed E-state index contributed by atoms with van der Waals surface area (Å²) in [5.74, 6) is 5.40. The van der Waals surface area contributed by atoms with Crippen LogP contribution in [0.4, 0.5) is 5.69 Å². The predicted octanol–water partition coefficient (Wildman–Crippen LogP) is -0.257. The number of hydrazine groups is 1. The number of amidine groups is 1. The Hall–Kier alpha value is -1.53. The first-order chi connectivity index (χ1) is 6.50. The van der Waals surface area contributed by atoms with Gasteiger partial charge in [0.15, 0.2) is 5.84 Å². The molecule has 0 aliphatic heterocycles. The van der Waals surface area contributed by atoms with Crippen molar-refractivity contribution in [2.75, 3.05) is 12.8 Å². The van der Waals surface area contributed by atoms with Gasteiger partial charge < -0.3 is 11.5 Å². The number of pyridine rings is 1. The fourth-order valence-electron chi connectivity index (χ4n) is 0.869. The van der Waals surface area contributed by atoms with Crippen molar-refractivity contribution in [1.29, 1.82) is 0 Å². The highest BCUT2D eigenvalue weighted by Gasteiger charge is 2.06. The fourth-order valence-corrected chi connectivity index (χ4v) is 1.02. The minimum Gasteiger partial charge on any atom is -0.397 e. The molecule has 6 nitrogen and oxygen atoms in total. The zero-order valence-electron chi connectivity index (χ0n) is 7.61. The van der Waals surface area contributed by atoms with Gasteiger partial charge in [-0.25, -0.2) is 15.9 Å². The molecule has 0 aromatic carbocycles. The largest absolute Gasteiger partial charge is 0.397 e. The summed E-state index contributed by atoms with van der Waals surface area (Å²) < 4.78 is 0. The van der Waals surface area contributed by atoms with Crippen molar-refractivity contribution < 1.29 is 0 Å². The number of anilines is 1. The van der Waals surface area contributed by atoms with Crippen molar-refractivity contribution in [2.24, 2.45) is 16.7 Å². The molecule has 0 aliphatic rings. The minimum absolute atomic E-state index is 0.120. The summed E-state index contributed by atoms with van der Waals surface area (Å²) in [6.07, 6.45) is 0. The first kappa shape index (κ1) is 10.6. The van der Waals surface area contributed by atoms with E-state index in [0.717, 1.165) is 5.12 Å². The molecular formula is C7H11ClN6. The molecule has 0 atom stereocenters. The van der Waals surface area contributed by atoms with Gasteiger partial charge in [0.05, 0.1) is 5.69 Å². The van der Waals surface area contributed by atoms with E-state index in [-0.39, 0.29) is 5.84 Å². The molecule has 0 saturated heterocycles. The third-order valence-electron chi connectivity index (χ3n) is 1.40. The Morgan fingerprint density at radius 1 is 1.57 bits per heavy atom. The molecule has 14 heavy (non-hydrogen) atoms. The van der Waals surface area contributed by atoms with E-state index in [9.17, 15) is 0 Å². The van der Waals surface area contributed by atoms with Crippen molar-refractivity contribution in [3.8, 4) is 0 Å². The fraction of sp³-hybridized carbons (Fsp3) is 0.143. The van der Waals surface area contributed by atoms with Gasteiger partial charge in [-0.15, -0.1) is 5.10 Å². The Balaban J connectivity index is 3.12. The smallest absolute Gasteiger partial charge is 0.173 e. The Morgan fingerprint density at radius 2 is 2.21 bits per heavy atom. The van der Waals surface area contributed by atoms with Gasteiger partial charge in [-0.2, -0.15) is 0 Å². The van der Waals surface area contributed by atoms with Gasteiger partial charge in [-0.3, -0.25) is 0 Å². The normalized spacial score (nSPS) is 11.5. The van der Waals surface area contributed by atoms with E-state index < -0.39 is 0 Å². The quantitative estimate of drug-likeness (QED) is 0.207. The van der Waals surface area contributed by atoms with Crippen LogP contribution in [0.5, 0.6) is 0 Å². The molecule has 76 valence electrons. The van der Waals surface area contributed by atoms with E-state index in [0.29, 0.717) is 16.5 Å². The first-order valence-corrected chi connectivity index (χ1v) is 4.13. The molecular weight excluding hydrogens is 204 g/mol. The van der Waals surface area contributed by atoms with Crippen LogP contribution in [0.1, 0.15) is 5.69 Å². The molecule has 0 radical (unpaired) electrons. The van der Waals surface area contributed by atoms with Gasteiger partial charge in [0.2, 0.25) is 0 Å². The summed E-state index contributed by atoms with van der Waals surface area (Å²) in [5, 5.41) is 5.12. The molecule has 1 heterocycles. The maximum Gasteiger partial charge on any atom is 0.173 e. The highest BCUT2D eigenvalue weighted by atomic mass is 35.5. The molecule has 0 amide bonds. The number of nitrogen functional groups attached to an aromatic ring is 1. The number of nitrogens with two attached hydrogens (primary N) is 3. The molecule has 1 aromatic rings. The van der Waals surface area contributed by atoms with Gasteiger partial charge in [0.25, 0.3) is 0 Å². The second-order valence-corrected chi connectivity index (χ2v) is 3.02. The van der Waals surface area contributed by atoms with Crippen molar-refractivity contribution in [3.05, 3.63) is 23.0 Å². The third-order valence-corrected chi connectivity index (χ3v) is 1.61. The van der Waals surface area contributed by atoms with Crippen LogP contribution in [0.3, 0.4) is 0 Å². The van der Waals surface area contributed by atoms with E-state index >= 15 is 0 Å². The summed E-state index contributed by atoms with van der Waals surface area (Å²) in [4.78, 5) is 3.93. The van der Waals surface area contributed by atoms with Crippen molar-refractivity contribution in [3.63, 3.8) is 0 Å². The summed E-state index contributed by atoms with van der Waals surface area (Å²) >= 11 is 5.68. The first-order valence-electron chi connectivity index (χ1n) is 3.75. The monoisotopic (exact) mass is 214 g/mol. The van der Waals surface area contributed by atoms with Gasteiger partial charge >= 0.3 is 0 Å². The lowest BCUT2D eigenvalue weighted by atomic mass is 10.3. The Bertz CT molecular complexity index is 361. The standard InChI is InChI=1S/C7H11ClN6/c1-14(11)13-7(10)6-4(9)2-3-5(8)12-6/h2-3H,9,11H2,1H3,(H2,10,13). The van der Waals surface area contributed by atoms with Crippen LogP contribution < -0.4 is 17.3 Å². The number of nitrogens with zero attached hydrogens (tertiary/aromatic N) is 3. The van der Waals surface area contributed by atoms with Crippen LogP contribution in [0, 0.1) is 0 Å². The average molecular weight is 215 g/mol. The Labute approximate surface area is 86.3 Å². The lowest BCUT2D eigenvalue weighted by Crippen LogP contribution is -2.26. The van der Waals surface area contributed by atoms with Crippen LogP contribution in [0.15, 0.2) is 17.2 Å². The number of halogens is 1. The Morgan fingerprint density at radius 3 is 2.79 bits per heavy atom. The third kappa shape index (κ3) is 2.48. The number of hydrogen-bond acceptors (Lipinski definition) is 5. The zero-order chi connectivity index (χ0) is 10.7. The van der Waals surface area contributed by atoms with Crippen molar-refractivity contribution in [2.45, 2.75) is 0 Å². The molecule has 6 N–H and O–H groups in total. The molecule has 1 aromatic heterocycles. The second kappa shape index (κ2) is 4.12. The van der Waals surface area contributed by atoms with E-state index in [1.165, 1.54) is 7.05 Å². The summed E-state index contributed by atoms with van der Waals surface area (Å²) in [5.41, 5.74) is 11.9. The van der Waals surface area contributed by atoms with E-state index in [4.69, 9.17) is 28.9 Å². The minimum atomic E-state index is 0.120. The molecule has 0 spiro atoms. The topological polar surface area (TPSA) is 107 Å². The van der Waals surface area contributed by atoms with Crippen LogP contribution in [-0.2, 0) is 0 Å². The van der Waals surface area contributed by atoms with Gasteiger partial charge in [0, 0.05) is 7.05 Å². The van der Waals surface area contributed by atoms with E-state index in [2.05, 4.69) is 10.1 Å². The van der Waals surface area contributed by atoms with Crippen LogP contribution in [-0.4, -0.2) is 23.0 Å². The van der Waals surface area contributed by atoms with Gasteiger partial charge in [0.1, 0.15) is 10.8 Å². The number of aromatic nitrogens is 1. The van der Waals surface area contributed by atoms with Crippen LogP contribution in [0.25, 0.3) is 0 Å². The maximum atomic E-state index is 5.68. The van der Waals surface area contributed by atoms with Crippen LogP contribution in [0.2, 0.25) is 5.15 Å². The average Bonchev–Trinajstić information content (AvgIpc) is 2.08. The van der Waals surface area contributed by atoms with Crippen LogP contribution >= 0.6 is 11.6 Å². The number of hydrazone groups is 1. The lowest BCUT2D eigenvalue weighted by molar-refractivity contribution is 0.371. The number of hydrogen-bond donors (Lipinski definition) is 3. The van der Waals surface area contributed by atoms with Crippen molar-refractivity contribution >= 4 is 23.1 Å². The zero-order valence-corrected chi connectivity index (χ0v) is 8.36. The highest BCUT2D eigenvalue weighted by molar-refractivity contribution is 6.29. The molecule has 0 bridgehead atoms. The SMILES string of the molecule is CN(N)/N=C(\N)c1nc(Cl)ccc1N. The van der Waals surface area contributed by atoms with Gasteiger partial charge in [-0.1, -0.05) is 11.6 Å². The molecule has 0 unspecified atom stereocenters. The predicted molar refractivity (Wildman–Crippen MR) is 56.3 cm³/mol. The Kier molecular flexibility index (Phi) is 3.10. The van der Waals surface area contributed by atoms with E-state index in [1.807, 2.05) is 0 Å².